The van der Waals surface area contributed by atoms with Crippen molar-refractivity contribution in [1.82, 2.24) is 10.3 Å². The van der Waals surface area contributed by atoms with Gasteiger partial charge < -0.3 is 10.6 Å². The van der Waals surface area contributed by atoms with Crippen LogP contribution < -0.4 is 10.6 Å². The van der Waals surface area contributed by atoms with E-state index in [1.165, 1.54) is 49.1 Å². The van der Waals surface area contributed by atoms with Crippen LogP contribution in [0.15, 0.2) is 0 Å². The summed E-state index contributed by atoms with van der Waals surface area (Å²) in [7, 11) is 0. The highest BCUT2D eigenvalue weighted by atomic mass is 32.1. The number of rotatable bonds is 2. The maximum atomic E-state index is 4.74. The third-order valence-electron chi connectivity index (χ3n) is 3.79. The van der Waals surface area contributed by atoms with Gasteiger partial charge >= 0.3 is 0 Å². The number of nitrogens with one attached hydrogen (secondary N) is 2. The molecule has 0 atom stereocenters. The van der Waals surface area contributed by atoms with Crippen LogP contribution in [-0.2, 0) is 13.0 Å². The van der Waals surface area contributed by atoms with Crippen molar-refractivity contribution in [3.63, 3.8) is 0 Å². The van der Waals surface area contributed by atoms with E-state index in [1.807, 2.05) is 11.3 Å². The van der Waals surface area contributed by atoms with Gasteiger partial charge in [-0.1, -0.05) is 25.7 Å². The van der Waals surface area contributed by atoms with Gasteiger partial charge in [0.15, 0.2) is 5.13 Å². The van der Waals surface area contributed by atoms with Crippen molar-refractivity contribution in [1.29, 1.82) is 0 Å². The number of nitrogens with zero attached hydrogens (tertiary/aromatic N) is 1. The summed E-state index contributed by atoms with van der Waals surface area (Å²) in [5, 5.41) is 8.23. The maximum Gasteiger partial charge on any atom is 0.183 e. The second-order valence-corrected chi connectivity index (χ2v) is 6.23. The maximum absolute atomic E-state index is 4.74. The van der Waals surface area contributed by atoms with Gasteiger partial charge in [-0.25, -0.2) is 4.98 Å². The van der Waals surface area contributed by atoms with Crippen molar-refractivity contribution in [2.24, 2.45) is 0 Å². The molecule has 0 amide bonds. The third-order valence-corrected chi connectivity index (χ3v) is 4.81. The molecule has 0 aromatic carbocycles. The second-order valence-electron chi connectivity index (χ2n) is 5.15. The van der Waals surface area contributed by atoms with Crippen molar-refractivity contribution < 1.29 is 0 Å². The van der Waals surface area contributed by atoms with Crippen LogP contribution in [0, 0.1) is 0 Å². The first kappa shape index (κ1) is 11.5. The average molecular weight is 251 g/mol. The Bertz CT molecular complexity index is 343. The molecular weight excluding hydrogens is 230 g/mol. The number of anilines is 1. The zero-order valence-electron chi connectivity index (χ0n) is 10.3. The van der Waals surface area contributed by atoms with Gasteiger partial charge in [0.25, 0.3) is 0 Å². The standard InChI is InChI=1S/C13H21N3S/c1-2-4-6-10(5-3-1)15-13-16-11-7-8-14-9-12(11)17-13/h10,14H,1-9H2,(H,15,16). The van der Waals surface area contributed by atoms with Gasteiger partial charge in [-0.3, -0.25) is 0 Å². The van der Waals surface area contributed by atoms with Crippen LogP contribution in [0.3, 0.4) is 0 Å². The van der Waals surface area contributed by atoms with Gasteiger partial charge in [-0.05, 0) is 12.8 Å². The van der Waals surface area contributed by atoms with Gasteiger partial charge in [0.2, 0.25) is 0 Å². The Morgan fingerprint density at radius 3 is 2.76 bits per heavy atom. The van der Waals surface area contributed by atoms with E-state index in [-0.39, 0.29) is 0 Å². The largest absolute Gasteiger partial charge is 0.359 e. The van der Waals surface area contributed by atoms with E-state index in [4.69, 9.17) is 4.98 Å². The Morgan fingerprint density at radius 1 is 1.18 bits per heavy atom. The minimum absolute atomic E-state index is 0.665. The fourth-order valence-electron chi connectivity index (χ4n) is 2.79. The molecule has 3 rings (SSSR count). The minimum Gasteiger partial charge on any atom is -0.359 e. The summed E-state index contributed by atoms with van der Waals surface area (Å²) in [5.41, 5.74) is 1.32. The van der Waals surface area contributed by atoms with Gasteiger partial charge in [0.1, 0.15) is 0 Å². The highest BCUT2D eigenvalue weighted by molar-refractivity contribution is 7.15. The number of hydrogen-bond acceptors (Lipinski definition) is 4. The number of thiazole rings is 1. The zero-order valence-corrected chi connectivity index (χ0v) is 11.1. The van der Waals surface area contributed by atoms with Crippen molar-refractivity contribution in [2.45, 2.75) is 57.5 Å². The molecule has 1 aromatic rings. The SMILES string of the molecule is C1CCCC(Nc2nc3c(s2)CNCC3)CC1. The van der Waals surface area contributed by atoms with Crippen LogP contribution >= 0.6 is 11.3 Å². The van der Waals surface area contributed by atoms with Crippen LogP contribution in [0.2, 0.25) is 0 Å². The quantitative estimate of drug-likeness (QED) is 0.794. The molecular formula is C13H21N3S. The molecule has 4 heteroatoms. The van der Waals surface area contributed by atoms with Gasteiger partial charge in [0.05, 0.1) is 5.69 Å². The van der Waals surface area contributed by atoms with E-state index in [0.29, 0.717) is 6.04 Å². The lowest BCUT2D eigenvalue weighted by Gasteiger charge is -2.14. The Labute approximate surface area is 107 Å². The predicted octanol–water partition coefficient (Wildman–Crippen LogP) is 2.92. The minimum atomic E-state index is 0.665. The van der Waals surface area contributed by atoms with Crippen molar-refractivity contribution in [2.75, 3.05) is 11.9 Å². The molecule has 1 aliphatic heterocycles. The third kappa shape index (κ3) is 2.80. The molecule has 0 saturated heterocycles. The lowest BCUT2D eigenvalue weighted by molar-refractivity contribution is 0.618. The van der Waals surface area contributed by atoms with E-state index in [1.54, 1.807) is 0 Å². The summed E-state index contributed by atoms with van der Waals surface area (Å²) in [5.74, 6) is 0. The van der Waals surface area contributed by atoms with E-state index in [0.717, 1.165) is 24.6 Å². The van der Waals surface area contributed by atoms with Crippen molar-refractivity contribution in [3.05, 3.63) is 10.6 Å². The van der Waals surface area contributed by atoms with Crippen LogP contribution in [0.25, 0.3) is 0 Å². The summed E-state index contributed by atoms with van der Waals surface area (Å²) < 4.78 is 0. The zero-order chi connectivity index (χ0) is 11.5. The highest BCUT2D eigenvalue weighted by Crippen LogP contribution is 2.28. The summed E-state index contributed by atoms with van der Waals surface area (Å²) in [6, 6.07) is 0.665. The lowest BCUT2D eigenvalue weighted by Crippen LogP contribution is -2.22. The number of hydrogen-bond donors (Lipinski definition) is 2. The fourth-order valence-corrected chi connectivity index (χ4v) is 3.84. The fraction of sp³-hybridized carbons (Fsp3) is 0.769. The van der Waals surface area contributed by atoms with Crippen LogP contribution in [-0.4, -0.2) is 17.6 Å². The molecule has 3 nitrogen and oxygen atoms in total. The van der Waals surface area contributed by atoms with E-state index < -0.39 is 0 Å². The van der Waals surface area contributed by atoms with Crippen molar-refractivity contribution in [3.8, 4) is 0 Å². The number of fused-ring (bicyclic) bond motifs is 1. The molecule has 1 aromatic heterocycles. The Kier molecular flexibility index (Phi) is 3.62. The van der Waals surface area contributed by atoms with E-state index in [9.17, 15) is 0 Å². The van der Waals surface area contributed by atoms with Crippen LogP contribution in [0.4, 0.5) is 5.13 Å². The molecule has 0 radical (unpaired) electrons. The molecule has 0 spiro atoms. The van der Waals surface area contributed by atoms with E-state index in [2.05, 4.69) is 10.6 Å². The highest BCUT2D eigenvalue weighted by Gasteiger charge is 2.17. The molecule has 2 aliphatic rings. The smallest absolute Gasteiger partial charge is 0.183 e. The summed E-state index contributed by atoms with van der Waals surface area (Å²) in [6.07, 6.45) is 9.32. The molecule has 2 N–H and O–H groups in total. The van der Waals surface area contributed by atoms with Gasteiger partial charge in [-0.15, -0.1) is 11.3 Å². The molecule has 1 aliphatic carbocycles. The molecule has 0 unspecified atom stereocenters. The average Bonchev–Trinajstić information content (AvgIpc) is 2.57. The molecule has 1 fully saturated rings. The normalized spacial score (nSPS) is 21.9. The monoisotopic (exact) mass is 251 g/mol. The molecule has 17 heavy (non-hydrogen) atoms. The topological polar surface area (TPSA) is 37.0 Å². The summed E-state index contributed by atoms with van der Waals surface area (Å²) in [4.78, 5) is 6.18. The van der Waals surface area contributed by atoms with Gasteiger partial charge in [-0.2, -0.15) is 0 Å². The Hall–Kier alpha value is -0.610. The molecule has 1 saturated carbocycles. The van der Waals surface area contributed by atoms with E-state index >= 15 is 0 Å². The van der Waals surface area contributed by atoms with Crippen LogP contribution in [0.5, 0.6) is 0 Å². The second kappa shape index (κ2) is 5.36. The first-order valence-corrected chi connectivity index (χ1v) is 7.69. The lowest BCUT2D eigenvalue weighted by atomic mass is 10.1. The van der Waals surface area contributed by atoms with Crippen molar-refractivity contribution >= 4 is 16.5 Å². The Balaban J connectivity index is 1.65. The van der Waals surface area contributed by atoms with Crippen LogP contribution in [0.1, 0.15) is 49.1 Å². The molecule has 94 valence electrons. The first-order valence-electron chi connectivity index (χ1n) is 6.87. The predicted molar refractivity (Wildman–Crippen MR) is 72.6 cm³/mol. The summed E-state index contributed by atoms with van der Waals surface area (Å²) in [6.45, 7) is 2.10. The number of aromatic nitrogens is 1. The first-order chi connectivity index (χ1) is 8.42. The molecule has 0 bridgehead atoms. The van der Waals surface area contributed by atoms with Gasteiger partial charge in [0, 0.05) is 30.4 Å². The molecule has 2 heterocycles. The Morgan fingerprint density at radius 2 is 2.00 bits per heavy atom. The summed E-state index contributed by atoms with van der Waals surface area (Å²) >= 11 is 1.85.